The Morgan fingerprint density at radius 3 is 2.69 bits per heavy atom. The van der Waals surface area contributed by atoms with Crippen molar-refractivity contribution in [2.45, 2.75) is 82.1 Å². The molecule has 3 saturated carbocycles. The number of allylic oxidation sites excluding steroid dienone is 1. The summed E-state index contributed by atoms with van der Waals surface area (Å²) >= 11 is 1.72. The molecule has 5 rings (SSSR count). The predicted molar refractivity (Wildman–Crippen MR) is 117 cm³/mol. The quantitative estimate of drug-likeness (QED) is 0.560. The fourth-order valence-electron chi connectivity index (χ4n) is 7.73. The van der Waals surface area contributed by atoms with E-state index in [1.54, 1.807) is 11.8 Å². The van der Waals surface area contributed by atoms with Crippen LogP contribution < -0.4 is 0 Å². The molecule has 29 heavy (non-hydrogen) atoms. The van der Waals surface area contributed by atoms with Crippen LogP contribution in [0.5, 0.6) is 0 Å². The minimum atomic E-state index is -0.598. The highest BCUT2D eigenvalue weighted by Crippen LogP contribution is 2.68. The van der Waals surface area contributed by atoms with Crippen LogP contribution >= 0.6 is 11.8 Å². The molecule has 0 aliphatic heterocycles. The van der Waals surface area contributed by atoms with E-state index in [1.807, 2.05) is 24.0 Å². The molecule has 1 aromatic heterocycles. The molecule has 5 heteroatoms. The molecule has 0 spiro atoms. The SMILES string of the molecule is Cn1ccnc1SC[C@]1(O)CCC2C3CCC4=CC(O)CC[C@]4(C)C3CC[C@@]21C. The van der Waals surface area contributed by atoms with Crippen LogP contribution in [0, 0.1) is 28.6 Å². The van der Waals surface area contributed by atoms with Crippen molar-refractivity contribution in [1.82, 2.24) is 9.55 Å². The number of aliphatic hydroxyl groups is 2. The van der Waals surface area contributed by atoms with Crippen molar-refractivity contribution in [2.75, 3.05) is 5.75 Å². The molecule has 0 aromatic carbocycles. The van der Waals surface area contributed by atoms with Crippen LogP contribution in [0.1, 0.15) is 65.2 Å². The largest absolute Gasteiger partial charge is 0.389 e. The fraction of sp³-hybridized carbons (Fsp3) is 0.792. The van der Waals surface area contributed by atoms with Crippen LogP contribution in [-0.2, 0) is 7.05 Å². The molecule has 0 amide bonds. The monoisotopic (exact) mass is 416 g/mol. The molecule has 4 aliphatic rings. The Bertz CT molecular complexity index is 822. The van der Waals surface area contributed by atoms with E-state index >= 15 is 0 Å². The molecule has 4 aliphatic carbocycles. The predicted octanol–water partition coefficient (Wildman–Crippen LogP) is 4.57. The molecule has 4 unspecified atom stereocenters. The smallest absolute Gasteiger partial charge is 0.167 e. The number of aliphatic hydroxyl groups excluding tert-OH is 1. The molecule has 160 valence electrons. The highest BCUT2D eigenvalue weighted by atomic mass is 32.2. The summed E-state index contributed by atoms with van der Waals surface area (Å²) in [4.78, 5) is 4.45. The summed E-state index contributed by atoms with van der Waals surface area (Å²) < 4.78 is 2.05. The summed E-state index contributed by atoms with van der Waals surface area (Å²) in [5, 5.41) is 23.0. The summed E-state index contributed by atoms with van der Waals surface area (Å²) in [6.07, 6.45) is 14.6. The van der Waals surface area contributed by atoms with E-state index < -0.39 is 5.60 Å². The number of aromatic nitrogens is 2. The van der Waals surface area contributed by atoms with Gasteiger partial charge in [0.1, 0.15) is 0 Å². The zero-order chi connectivity index (χ0) is 20.4. The summed E-state index contributed by atoms with van der Waals surface area (Å²) in [5.41, 5.74) is 1.21. The number of fused-ring (bicyclic) bond motifs is 5. The highest BCUT2D eigenvalue weighted by Gasteiger charge is 2.63. The molecule has 4 nitrogen and oxygen atoms in total. The van der Waals surface area contributed by atoms with Gasteiger partial charge in [0.05, 0.1) is 11.7 Å². The lowest BCUT2D eigenvalue weighted by Crippen LogP contribution is -2.55. The lowest BCUT2D eigenvalue weighted by molar-refractivity contribution is -0.116. The summed E-state index contributed by atoms with van der Waals surface area (Å²) in [6, 6.07) is 0. The molecule has 0 bridgehead atoms. The second-order valence-corrected chi connectivity index (χ2v) is 11.7. The Hall–Kier alpha value is -0.780. The van der Waals surface area contributed by atoms with Crippen molar-refractivity contribution < 1.29 is 10.2 Å². The van der Waals surface area contributed by atoms with Crippen LogP contribution in [-0.4, -0.2) is 37.2 Å². The molecule has 1 aromatic rings. The van der Waals surface area contributed by atoms with E-state index in [4.69, 9.17) is 0 Å². The van der Waals surface area contributed by atoms with Crippen molar-refractivity contribution in [3.8, 4) is 0 Å². The van der Waals surface area contributed by atoms with Crippen LogP contribution in [0.4, 0.5) is 0 Å². The fourth-order valence-corrected chi connectivity index (χ4v) is 8.97. The van der Waals surface area contributed by atoms with Gasteiger partial charge in [-0.3, -0.25) is 0 Å². The van der Waals surface area contributed by atoms with Crippen LogP contribution in [0.2, 0.25) is 0 Å². The van der Waals surface area contributed by atoms with E-state index in [0.29, 0.717) is 5.92 Å². The van der Waals surface area contributed by atoms with Crippen LogP contribution in [0.25, 0.3) is 0 Å². The lowest BCUT2D eigenvalue weighted by atomic mass is 9.46. The van der Waals surface area contributed by atoms with Gasteiger partial charge in [0.25, 0.3) is 0 Å². The van der Waals surface area contributed by atoms with Gasteiger partial charge in [0.15, 0.2) is 5.16 Å². The second-order valence-electron chi connectivity index (χ2n) is 10.8. The molecule has 2 N–H and O–H groups in total. The number of hydrogen-bond acceptors (Lipinski definition) is 4. The molecule has 3 fully saturated rings. The minimum absolute atomic E-state index is 0.0120. The first-order chi connectivity index (χ1) is 13.8. The molecule has 0 saturated heterocycles. The topological polar surface area (TPSA) is 58.3 Å². The average Bonchev–Trinajstić information content (AvgIpc) is 3.22. The third-order valence-corrected chi connectivity index (χ3v) is 10.9. The molecular weight excluding hydrogens is 380 g/mol. The van der Waals surface area contributed by atoms with Gasteiger partial charge >= 0.3 is 0 Å². The minimum Gasteiger partial charge on any atom is -0.389 e. The molecular formula is C24H36N2O2S. The molecule has 1 heterocycles. The third-order valence-electron chi connectivity index (χ3n) is 9.63. The highest BCUT2D eigenvalue weighted by molar-refractivity contribution is 7.99. The number of rotatable bonds is 3. The van der Waals surface area contributed by atoms with Gasteiger partial charge in [-0.25, -0.2) is 4.98 Å². The molecule has 7 atom stereocenters. The van der Waals surface area contributed by atoms with Gasteiger partial charge in [-0.1, -0.05) is 37.3 Å². The van der Waals surface area contributed by atoms with Gasteiger partial charge in [0.2, 0.25) is 0 Å². The maximum absolute atomic E-state index is 11.9. The summed E-state index contributed by atoms with van der Waals surface area (Å²) in [5.74, 6) is 2.81. The van der Waals surface area contributed by atoms with Gasteiger partial charge in [-0.05, 0) is 74.5 Å². The van der Waals surface area contributed by atoms with Crippen LogP contribution in [0.3, 0.4) is 0 Å². The maximum atomic E-state index is 11.9. The van der Waals surface area contributed by atoms with Gasteiger partial charge in [-0.15, -0.1) is 0 Å². The standard InChI is InChI=1S/C24H36N2O2S/c1-22-9-6-17(27)14-16(22)4-5-18-19(22)7-10-23(2)20(18)8-11-24(23,28)15-29-21-25-12-13-26(21)3/h12-14,17-20,27-28H,4-11,15H2,1-3H3/t17?,18?,19?,20?,22-,23-,24+/m0/s1. The van der Waals surface area contributed by atoms with E-state index in [0.717, 1.165) is 61.3 Å². The number of hydrogen-bond donors (Lipinski definition) is 2. The van der Waals surface area contributed by atoms with Crippen molar-refractivity contribution in [3.05, 3.63) is 24.0 Å². The Morgan fingerprint density at radius 1 is 1.14 bits per heavy atom. The van der Waals surface area contributed by atoms with Crippen molar-refractivity contribution >= 4 is 11.8 Å². The summed E-state index contributed by atoms with van der Waals surface area (Å²) in [7, 11) is 2.03. The third kappa shape index (κ3) is 2.90. The number of thioether (sulfide) groups is 1. The van der Waals surface area contributed by atoms with E-state index in [9.17, 15) is 10.2 Å². The number of nitrogens with zero attached hydrogens (tertiary/aromatic N) is 2. The first-order valence-electron chi connectivity index (χ1n) is 11.5. The van der Waals surface area contributed by atoms with E-state index in [-0.39, 0.29) is 16.9 Å². The Balaban J connectivity index is 1.38. The first kappa shape index (κ1) is 20.1. The lowest BCUT2D eigenvalue weighted by Gasteiger charge is -2.59. The van der Waals surface area contributed by atoms with Gasteiger partial charge in [0, 0.05) is 30.6 Å². The van der Waals surface area contributed by atoms with Crippen LogP contribution in [0.15, 0.2) is 29.2 Å². The van der Waals surface area contributed by atoms with Crippen molar-refractivity contribution in [2.24, 2.45) is 35.6 Å². The zero-order valence-corrected chi connectivity index (χ0v) is 18.9. The average molecular weight is 417 g/mol. The van der Waals surface area contributed by atoms with E-state index in [1.165, 1.54) is 18.4 Å². The zero-order valence-electron chi connectivity index (χ0n) is 18.1. The van der Waals surface area contributed by atoms with Crippen molar-refractivity contribution in [1.29, 1.82) is 0 Å². The Morgan fingerprint density at radius 2 is 1.93 bits per heavy atom. The summed E-state index contributed by atoms with van der Waals surface area (Å²) in [6.45, 7) is 4.86. The van der Waals surface area contributed by atoms with Gasteiger partial charge in [-0.2, -0.15) is 0 Å². The first-order valence-corrected chi connectivity index (χ1v) is 12.5. The Labute approximate surface area is 179 Å². The number of imidazole rings is 1. The van der Waals surface area contributed by atoms with E-state index in [2.05, 4.69) is 24.9 Å². The molecule has 0 radical (unpaired) electrons. The Kier molecular flexibility index (Phi) is 4.77. The normalized spacial score (nSPS) is 46.6. The maximum Gasteiger partial charge on any atom is 0.167 e. The second kappa shape index (κ2) is 6.86. The van der Waals surface area contributed by atoms with Crippen molar-refractivity contribution in [3.63, 3.8) is 0 Å². The number of aryl methyl sites for hydroxylation is 1. The van der Waals surface area contributed by atoms with Gasteiger partial charge < -0.3 is 14.8 Å².